The van der Waals surface area contributed by atoms with Gasteiger partial charge in [0.2, 0.25) is 0 Å². The molecule has 0 spiro atoms. The molecule has 0 unspecified atom stereocenters. The van der Waals surface area contributed by atoms with Crippen molar-refractivity contribution >= 4 is 5.97 Å². The Morgan fingerprint density at radius 1 is 1.53 bits per heavy atom. The quantitative estimate of drug-likeness (QED) is 0.837. The molecule has 4 nitrogen and oxygen atoms in total. The number of hydrogen-bond donors (Lipinski definition) is 2. The highest BCUT2D eigenvalue weighted by Crippen LogP contribution is 2.34. The van der Waals surface area contributed by atoms with E-state index in [2.05, 4.69) is 5.32 Å². The van der Waals surface area contributed by atoms with Crippen LogP contribution in [0, 0.1) is 12.8 Å². The topological polar surface area (TPSA) is 58.6 Å². The number of carboxylic acid groups (broad SMARTS) is 1. The monoisotopic (exact) mass is 235 g/mol. The number of ether oxygens (including phenoxy) is 1. The van der Waals surface area contributed by atoms with E-state index < -0.39 is 5.97 Å². The second-order valence-electron chi connectivity index (χ2n) is 4.34. The molecule has 0 radical (unpaired) electrons. The molecule has 2 atom stereocenters. The lowest BCUT2D eigenvalue weighted by molar-refractivity contribution is -0.142. The number of methoxy groups -OCH3 is 1. The van der Waals surface area contributed by atoms with E-state index in [4.69, 9.17) is 4.74 Å². The van der Waals surface area contributed by atoms with Crippen LogP contribution in [-0.4, -0.2) is 24.7 Å². The van der Waals surface area contributed by atoms with Gasteiger partial charge in [0.1, 0.15) is 5.75 Å². The van der Waals surface area contributed by atoms with Gasteiger partial charge in [0.25, 0.3) is 0 Å². The van der Waals surface area contributed by atoms with Crippen molar-refractivity contribution in [2.45, 2.75) is 19.4 Å². The number of rotatable bonds is 3. The van der Waals surface area contributed by atoms with Crippen LogP contribution >= 0.6 is 0 Å². The van der Waals surface area contributed by atoms with Crippen molar-refractivity contribution in [3.05, 3.63) is 29.3 Å². The second kappa shape index (κ2) is 4.75. The van der Waals surface area contributed by atoms with Gasteiger partial charge in [-0.25, -0.2) is 0 Å². The summed E-state index contributed by atoms with van der Waals surface area (Å²) in [4.78, 5) is 11.2. The third-order valence-corrected chi connectivity index (χ3v) is 3.42. The largest absolute Gasteiger partial charge is 0.496 e. The number of carboxylic acids is 1. The predicted molar refractivity (Wildman–Crippen MR) is 64.2 cm³/mol. The molecule has 1 aliphatic rings. The molecule has 2 rings (SSSR count). The van der Waals surface area contributed by atoms with Gasteiger partial charge in [-0.05, 0) is 37.1 Å². The van der Waals surface area contributed by atoms with Crippen molar-refractivity contribution in [1.82, 2.24) is 5.32 Å². The van der Waals surface area contributed by atoms with Crippen LogP contribution in [0.2, 0.25) is 0 Å². The van der Waals surface area contributed by atoms with Crippen molar-refractivity contribution < 1.29 is 14.6 Å². The van der Waals surface area contributed by atoms with Crippen molar-refractivity contribution in [3.63, 3.8) is 0 Å². The van der Waals surface area contributed by atoms with E-state index in [1.54, 1.807) is 7.11 Å². The number of benzene rings is 1. The Hall–Kier alpha value is -1.55. The smallest absolute Gasteiger partial charge is 0.308 e. The lowest BCUT2D eigenvalue weighted by Gasteiger charge is -2.20. The minimum absolute atomic E-state index is 0.109. The lowest BCUT2D eigenvalue weighted by atomic mass is 9.91. The molecular formula is C13H17NO3. The SMILES string of the molecule is COc1cccc([C@H]2NCC[C@H]2C(=O)O)c1C. The van der Waals surface area contributed by atoms with E-state index in [1.807, 2.05) is 25.1 Å². The molecule has 1 aromatic carbocycles. The van der Waals surface area contributed by atoms with Crippen LogP contribution < -0.4 is 10.1 Å². The average molecular weight is 235 g/mol. The molecule has 0 saturated carbocycles. The fourth-order valence-corrected chi connectivity index (χ4v) is 2.49. The van der Waals surface area contributed by atoms with E-state index in [9.17, 15) is 9.90 Å². The van der Waals surface area contributed by atoms with Crippen molar-refractivity contribution in [3.8, 4) is 5.75 Å². The van der Waals surface area contributed by atoms with Crippen LogP contribution in [0.1, 0.15) is 23.6 Å². The summed E-state index contributed by atoms with van der Waals surface area (Å²) >= 11 is 0. The molecule has 1 fully saturated rings. The van der Waals surface area contributed by atoms with Crippen LogP contribution in [0.5, 0.6) is 5.75 Å². The summed E-state index contributed by atoms with van der Waals surface area (Å²) in [6, 6.07) is 5.66. The molecular weight excluding hydrogens is 218 g/mol. The molecule has 1 aliphatic heterocycles. The van der Waals surface area contributed by atoms with Gasteiger partial charge in [0.15, 0.2) is 0 Å². The van der Waals surface area contributed by atoms with Crippen LogP contribution in [0.15, 0.2) is 18.2 Å². The van der Waals surface area contributed by atoms with Gasteiger partial charge in [-0.3, -0.25) is 4.79 Å². The third kappa shape index (κ3) is 2.13. The first-order valence-electron chi connectivity index (χ1n) is 5.75. The molecule has 0 aliphatic carbocycles. The molecule has 0 bridgehead atoms. The van der Waals surface area contributed by atoms with Gasteiger partial charge in [-0.15, -0.1) is 0 Å². The van der Waals surface area contributed by atoms with Gasteiger partial charge < -0.3 is 15.2 Å². The number of hydrogen-bond acceptors (Lipinski definition) is 3. The van der Waals surface area contributed by atoms with Crippen LogP contribution in [-0.2, 0) is 4.79 Å². The average Bonchev–Trinajstić information content (AvgIpc) is 2.78. The first-order chi connectivity index (χ1) is 8.15. The third-order valence-electron chi connectivity index (χ3n) is 3.42. The maximum absolute atomic E-state index is 11.2. The summed E-state index contributed by atoms with van der Waals surface area (Å²) < 4.78 is 5.27. The fourth-order valence-electron chi connectivity index (χ4n) is 2.49. The summed E-state index contributed by atoms with van der Waals surface area (Å²) in [6.45, 7) is 2.71. The number of carbonyl (C=O) groups is 1. The van der Waals surface area contributed by atoms with E-state index in [0.29, 0.717) is 6.42 Å². The van der Waals surface area contributed by atoms with Crippen LogP contribution in [0.25, 0.3) is 0 Å². The van der Waals surface area contributed by atoms with E-state index in [-0.39, 0.29) is 12.0 Å². The van der Waals surface area contributed by atoms with Gasteiger partial charge in [-0.2, -0.15) is 0 Å². The highest BCUT2D eigenvalue weighted by Gasteiger charge is 2.34. The summed E-state index contributed by atoms with van der Waals surface area (Å²) in [6.07, 6.45) is 0.677. The molecule has 1 aromatic rings. The van der Waals surface area contributed by atoms with E-state index in [0.717, 1.165) is 23.4 Å². The minimum atomic E-state index is -0.734. The minimum Gasteiger partial charge on any atom is -0.496 e. The summed E-state index contributed by atoms with van der Waals surface area (Å²) in [5.74, 6) is -0.275. The Morgan fingerprint density at radius 3 is 2.94 bits per heavy atom. The molecule has 4 heteroatoms. The zero-order valence-electron chi connectivity index (χ0n) is 10.1. The zero-order valence-corrected chi connectivity index (χ0v) is 10.1. The molecule has 2 N–H and O–H groups in total. The van der Waals surface area contributed by atoms with Gasteiger partial charge in [-0.1, -0.05) is 12.1 Å². The molecule has 17 heavy (non-hydrogen) atoms. The van der Waals surface area contributed by atoms with Crippen molar-refractivity contribution in [2.24, 2.45) is 5.92 Å². The molecule has 92 valence electrons. The van der Waals surface area contributed by atoms with Gasteiger partial charge in [0.05, 0.1) is 13.0 Å². The second-order valence-corrected chi connectivity index (χ2v) is 4.34. The van der Waals surface area contributed by atoms with Crippen LogP contribution in [0.3, 0.4) is 0 Å². The highest BCUT2D eigenvalue weighted by molar-refractivity contribution is 5.72. The lowest BCUT2D eigenvalue weighted by Crippen LogP contribution is -2.24. The highest BCUT2D eigenvalue weighted by atomic mass is 16.5. The van der Waals surface area contributed by atoms with Crippen molar-refractivity contribution in [1.29, 1.82) is 0 Å². The Kier molecular flexibility index (Phi) is 3.33. The maximum atomic E-state index is 11.2. The Bertz CT molecular complexity index is 431. The Morgan fingerprint density at radius 2 is 2.29 bits per heavy atom. The predicted octanol–water partition coefficient (Wildman–Crippen LogP) is 1.74. The van der Waals surface area contributed by atoms with Crippen LogP contribution in [0.4, 0.5) is 0 Å². The first kappa shape index (κ1) is 11.9. The van der Waals surface area contributed by atoms with E-state index in [1.165, 1.54) is 0 Å². The van der Waals surface area contributed by atoms with E-state index >= 15 is 0 Å². The summed E-state index contributed by atoms with van der Waals surface area (Å²) in [5, 5.41) is 12.5. The maximum Gasteiger partial charge on any atom is 0.308 e. The summed E-state index contributed by atoms with van der Waals surface area (Å²) in [5.41, 5.74) is 2.04. The van der Waals surface area contributed by atoms with Gasteiger partial charge in [0, 0.05) is 6.04 Å². The first-order valence-corrected chi connectivity index (χ1v) is 5.75. The van der Waals surface area contributed by atoms with Crippen molar-refractivity contribution in [2.75, 3.05) is 13.7 Å². The Labute approximate surface area is 101 Å². The summed E-state index contributed by atoms with van der Waals surface area (Å²) in [7, 11) is 1.63. The Balaban J connectivity index is 2.36. The molecule has 1 saturated heterocycles. The molecule has 0 amide bonds. The number of nitrogens with one attached hydrogen (secondary N) is 1. The standard InChI is InChI=1S/C13H17NO3/c1-8-9(4-3-5-11(8)17-2)12-10(13(15)16)6-7-14-12/h3-5,10,12,14H,6-7H2,1-2H3,(H,15,16)/t10-,12-/m1/s1. The zero-order chi connectivity index (χ0) is 12.4. The van der Waals surface area contributed by atoms with Gasteiger partial charge >= 0.3 is 5.97 Å². The molecule has 0 aromatic heterocycles. The fraction of sp³-hybridized carbons (Fsp3) is 0.462. The normalized spacial score (nSPS) is 23.6. The number of aliphatic carboxylic acids is 1. The molecule has 1 heterocycles.